The number of ether oxygens (including phenoxy) is 1. The number of anilines is 1. The fourth-order valence-electron chi connectivity index (χ4n) is 3.74. The van der Waals surface area contributed by atoms with Crippen LogP contribution in [0.3, 0.4) is 0 Å². The predicted molar refractivity (Wildman–Crippen MR) is 131 cm³/mol. The van der Waals surface area contributed by atoms with Crippen molar-refractivity contribution in [1.82, 2.24) is 4.98 Å². The average Bonchev–Trinajstić information content (AvgIpc) is 2.88. The summed E-state index contributed by atoms with van der Waals surface area (Å²) in [6, 6.07) is 25.1. The van der Waals surface area contributed by atoms with Crippen molar-refractivity contribution < 1.29 is 36.2 Å². The number of rotatable bonds is 8. The molecule has 0 aliphatic rings. The van der Waals surface area contributed by atoms with E-state index in [2.05, 4.69) is 4.98 Å². The van der Waals surface area contributed by atoms with Gasteiger partial charge in [-0.2, -0.15) is 26.3 Å². The van der Waals surface area contributed by atoms with Gasteiger partial charge in [0.25, 0.3) is 0 Å². The van der Waals surface area contributed by atoms with Crippen molar-refractivity contribution in [3.8, 4) is 22.8 Å². The molecule has 0 fully saturated rings. The van der Waals surface area contributed by atoms with Crippen molar-refractivity contribution in [2.24, 2.45) is 0 Å². The van der Waals surface area contributed by atoms with Gasteiger partial charge in [-0.05, 0) is 48.0 Å². The third-order valence-corrected chi connectivity index (χ3v) is 5.57. The maximum atomic E-state index is 13.2. The summed E-state index contributed by atoms with van der Waals surface area (Å²) in [6.07, 6.45) is -12.1. The molecular formula is C28H22F6N2O2. The molecule has 198 valence electrons. The molecule has 1 aromatic heterocycles. The molecule has 3 aromatic carbocycles. The Balaban J connectivity index is 1.64. The minimum atomic E-state index is -4.85. The molecule has 1 unspecified atom stereocenters. The smallest absolute Gasteiger partial charge is 0.433 e. The van der Waals surface area contributed by atoms with Crippen molar-refractivity contribution in [2.75, 3.05) is 11.4 Å². The van der Waals surface area contributed by atoms with Gasteiger partial charge in [0.15, 0.2) is 6.10 Å². The zero-order valence-corrected chi connectivity index (χ0v) is 19.7. The molecule has 10 heteroatoms. The molecule has 4 aromatic rings. The number of hydrogen-bond donors (Lipinski definition) is 1. The predicted octanol–water partition coefficient (Wildman–Crippen LogP) is 7.49. The van der Waals surface area contributed by atoms with Gasteiger partial charge >= 0.3 is 12.4 Å². The van der Waals surface area contributed by atoms with Crippen LogP contribution in [-0.2, 0) is 12.7 Å². The third kappa shape index (κ3) is 7.04. The molecule has 0 amide bonds. The molecule has 1 heterocycles. The van der Waals surface area contributed by atoms with Gasteiger partial charge in [0.05, 0.1) is 12.2 Å². The maximum Gasteiger partial charge on any atom is 0.433 e. The SMILES string of the molecule is OC(CN(Cc1cccc(-c2cccc(C(F)(F)F)n2)c1)c1cccc(Oc2ccccc2)c1)C(F)(F)F. The van der Waals surface area contributed by atoms with Crippen LogP contribution in [0.25, 0.3) is 11.3 Å². The zero-order valence-electron chi connectivity index (χ0n) is 19.7. The zero-order chi connectivity index (χ0) is 27.3. The van der Waals surface area contributed by atoms with E-state index in [1.54, 1.807) is 72.8 Å². The van der Waals surface area contributed by atoms with Crippen molar-refractivity contribution in [1.29, 1.82) is 0 Å². The second-order valence-corrected chi connectivity index (χ2v) is 8.46. The summed E-state index contributed by atoms with van der Waals surface area (Å²) in [6.45, 7) is -0.848. The minimum absolute atomic E-state index is 0.0711. The summed E-state index contributed by atoms with van der Waals surface area (Å²) in [7, 11) is 0. The number of aliphatic hydroxyl groups is 1. The molecule has 0 bridgehead atoms. The second-order valence-electron chi connectivity index (χ2n) is 8.46. The highest BCUT2D eigenvalue weighted by Crippen LogP contribution is 2.31. The van der Waals surface area contributed by atoms with Crippen LogP contribution in [0.1, 0.15) is 11.3 Å². The van der Waals surface area contributed by atoms with Crippen molar-refractivity contribution >= 4 is 5.69 Å². The quantitative estimate of drug-likeness (QED) is 0.239. The van der Waals surface area contributed by atoms with Gasteiger partial charge < -0.3 is 14.7 Å². The van der Waals surface area contributed by atoms with Gasteiger partial charge in [-0.15, -0.1) is 0 Å². The summed E-state index contributed by atoms with van der Waals surface area (Å²) >= 11 is 0. The van der Waals surface area contributed by atoms with Crippen molar-refractivity contribution in [3.63, 3.8) is 0 Å². The molecule has 1 N–H and O–H groups in total. The highest BCUT2D eigenvalue weighted by Gasteiger charge is 2.39. The van der Waals surface area contributed by atoms with Crippen LogP contribution in [-0.4, -0.2) is 28.9 Å². The second kappa shape index (κ2) is 11.1. The van der Waals surface area contributed by atoms with E-state index in [-0.39, 0.29) is 12.2 Å². The van der Waals surface area contributed by atoms with Gasteiger partial charge in [0.2, 0.25) is 0 Å². The number of aromatic nitrogens is 1. The Labute approximate surface area is 214 Å². The van der Waals surface area contributed by atoms with Crippen LogP contribution in [0.15, 0.2) is 97.1 Å². The number of benzene rings is 3. The van der Waals surface area contributed by atoms with Gasteiger partial charge in [-0.1, -0.05) is 48.5 Å². The van der Waals surface area contributed by atoms with E-state index in [0.29, 0.717) is 28.3 Å². The molecule has 4 rings (SSSR count). The molecule has 0 aliphatic carbocycles. The average molecular weight is 532 g/mol. The first-order chi connectivity index (χ1) is 18.0. The lowest BCUT2D eigenvalue weighted by atomic mass is 10.1. The summed E-state index contributed by atoms with van der Waals surface area (Å²) in [4.78, 5) is 5.01. The van der Waals surface area contributed by atoms with E-state index >= 15 is 0 Å². The van der Waals surface area contributed by atoms with Gasteiger partial charge in [0, 0.05) is 23.9 Å². The molecule has 4 nitrogen and oxygen atoms in total. The van der Waals surface area contributed by atoms with Gasteiger partial charge in [0.1, 0.15) is 17.2 Å². The summed E-state index contributed by atoms with van der Waals surface area (Å²) in [5.41, 5.74) is 0.244. The Morgan fingerprint density at radius 1 is 0.763 bits per heavy atom. The number of hydrogen-bond acceptors (Lipinski definition) is 4. The molecule has 0 saturated carbocycles. The first kappa shape index (κ1) is 27.0. The van der Waals surface area contributed by atoms with Crippen LogP contribution in [0, 0.1) is 0 Å². The fraction of sp³-hybridized carbons (Fsp3) is 0.179. The lowest BCUT2D eigenvalue weighted by molar-refractivity contribution is -0.200. The monoisotopic (exact) mass is 532 g/mol. The number of pyridine rings is 1. The normalized spacial score (nSPS) is 12.7. The fourth-order valence-corrected chi connectivity index (χ4v) is 3.74. The Kier molecular flexibility index (Phi) is 7.91. The van der Waals surface area contributed by atoms with Crippen LogP contribution >= 0.6 is 0 Å². The molecular weight excluding hydrogens is 510 g/mol. The molecule has 0 spiro atoms. The topological polar surface area (TPSA) is 45.6 Å². The molecule has 1 atom stereocenters. The van der Waals surface area contributed by atoms with E-state index in [0.717, 1.165) is 6.07 Å². The van der Waals surface area contributed by atoms with Crippen LogP contribution in [0.5, 0.6) is 11.5 Å². The van der Waals surface area contributed by atoms with E-state index in [4.69, 9.17) is 4.74 Å². The Morgan fingerprint density at radius 2 is 1.45 bits per heavy atom. The number of para-hydroxylation sites is 1. The van der Waals surface area contributed by atoms with E-state index in [9.17, 15) is 31.4 Å². The number of alkyl halides is 6. The first-order valence-corrected chi connectivity index (χ1v) is 11.5. The van der Waals surface area contributed by atoms with E-state index < -0.39 is 30.7 Å². The Hall–Kier alpha value is -4.05. The van der Waals surface area contributed by atoms with Crippen molar-refractivity contribution in [2.45, 2.75) is 25.0 Å². The molecule has 38 heavy (non-hydrogen) atoms. The lowest BCUT2D eigenvalue weighted by Crippen LogP contribution is -2.40. The van der Waals surface area contributed by atoms with Crippen LogP contribution < -0.4 is 9.64 Å². The molecule has 0 saturated heterocycles. The number of aliphatic hydroxyl groups excluding tert-OH is 1. The van der Waals surface area contributed by atoms with E-state index in [1.807, 2.05) is 6.07 Å². The van der Waals surface area contributed by atoms with Crippen LogP contribution in [0.4, 0.5) is 32.0 Å². The summed E-state index contributed by atoms with van der Waals surface area (Å²) < 4.78 is 84.9. The highest BCUT2D eigenvalue weighted by atomic mass is 19.4. The molecule has 0 radical (unpaired) electrons. The van der Waals surface area contributed by atoms with Crippen molar-refractivity contribution in [3.05, 3.63) is 108 Å². The van der Waals surface area contributed by atoms with Gasteiger partial charge in [-0.25, -0.2) is 4.98 Å². The maximum absolute atomic E-state index is 13.2. The van der Waals surface area contributed by atoms with Crippen LogP contribution in [0.2, 0.25) is 0 Å². The molecule has 0 aliphatic heterocycles. The lowest BCUT2D eigenvalue weighted by Gasteiger charge is -2.29. The number of nitrogens with zero attached hydrogens (tertiary/aromatic N) is 2. The Bertz CT molecular complexity index is 1360. The largest absolute Gasteiger partial charge is 0.457 e. The standard InChI is InChI=1S/C28H22F6N2O2/c29-27(30,31)25-14-6-13-24(35-25)20-8-4-7-19(15-20)17-36(18-26(37)28(32,33)34)21-9-5-12-23(16-21)38-22-10-2-1-3-11-22/h1-16,26,37H,17-18H2. The summed E-state index contributed by atoms with van der Waals surface area (Å²) in [5, 5.41) is 9.82. The number of halogens is 6. The van der Waals surface area contributed by atoms with Gasteiger partial charge in [-0.3, -0.25) is 0 Å². The highest BCUT2D eigenvalue weighted by molar-refractivity contribution is 5.61. The summed E-state index contributed by atoms with van der Waals surface area (Å²) in [5.74, 6) is 0.912. The first-order valence-electron chi connectivity index (χ1n) is 11.5. The third-order valence-electron chi connectivity index (χ3n) is 5.57. The van der Waals surface area contributed by atoms with E-state index in [1.165, 1.54) is 17.0 Å². The minimum Gasteiger partial charge on any atom is -0.457 e. The Morgan fingerprint density at radius 3 is 2.16 bits per heavy atom.